The first kappa shape index (κ1) is 26.6. The summed E-state index contributed by atoms with van der Waals surface area (Å²) in [5, 5.41) is 18.1. The number of Topliss-reactive ketones (excluding diaryl/α,β-unsaturated/α-hetero) is 1. The van der Waals surface area contributed by atoms with E-state index in [1.165, 1.54) is 19.1 Å². The number of aromatic hydroxyl groups is 1. The molecule has 1 aliphatic heterocycles. The Morgan fingerprint density at radius 2 is 1.68 bits per heavy atom. The number of phenolic OH excluding ortho intramolecular Hbond substituents is 1. The molecule has 5 N–H and O–H groups in total. The van der Waals surface area contributed by atoms with E-state index in [9.17, 15) is 29.1 Å². The molecule has 3 aromatic rings. The molecule has 0 saturated carbocycles. The van der Waals surface area contributed by atoms with Crippen molar-refractivity contribution in [3.8, 4) is 5.75 Å². The number of amides is 4. The molecule has 0 radical (unpaired) electrons. The van der Waals surface area contributed by atoms with E-state index in [0.717, 1.165) is 0 Å². The Labute approximate surface area is 219 Å². The number of rotatable bonds is 9. The zero-order chi connectivity index (χ0) is 27.6. The molecule has 0 aliphatic carbocycles. The fraction of sp³-hybridized carbons (Fsp3) is 0.321. The van der Waals surface area contributed by atoms with E-state index in [0.29, 0.717) is 16.5 Å². The molecule has 38 heavy (non-hydrogen) atoms. The Morgan fingerprint density at radius 3 is 2.32 bits per heavy atom. The van der Waals surface area contributed by atoms with Crippen molar-refractivity contribution in [2.24, 2.45) is 17.8 Å². The number of benzene rings is 2. The van der Waals surface area contributed by atoms with Crippen molar-refractivity contribution < 1.29 is 29.1 Å². The van der Waals surface area contributed by atoms with E-state index in [1.54, 1.807) is 50.2 Å². The highest BCUT2D eigenvalue weighted by Gasteiger charge is 2.46. The van der Waals surface area contributed by atoms with Gasteiger partial charge in [-0.25, -0.2) is 0 Å². The molecule has 4 rings (SSSR count). The molecule has 1 aliphatic rings. The fourth-order valence-corrected chi connectivity index (χ4v) is 4.66. The van der Waals surface area contributed by atoms with E-state index < -0.39 is 53.3 Å². The fourth-order valence-electron chi connectivity index (χ4n) is 4.66. The minimum absolute atomic E-state index is 0.0744. The van der Waals surface area contributed by atoms with E-state index in [-0.39, 0.29) is 23.8 Å². The molecule has 10 nitrogen and oxygen atoms in total. The van der Waals surface area contributed by atoms with E-state index in [2.05, 4.69) is 20.9 Å². The van der Waals surface area contributed by atoms with Crippen LogP contribution in [0.1, 0.15) is 49.3 Å². The number of fused-ring (bicyclic) bond motifs is 1. The van der Waals surface area contributed by atoms with Crippen LogP contribution in [0.4, 0.5) is 0 Å². The minimum atomic E-state index is -1.17. The summed E-state index contributed by atoms with van der Waals surface area (Å²) in [5.41, 5.74) is 1.61. The molecule has 0 bridgehead atoms. The second-order valence-electron chi connectivity index (χ2n) is 9.91. The van der Waals surface area contributed by atoms with Gasteiger partial charge in [-0.2, -0.15) is 0 Å². The normalized spacial score (nSPS) is 18.7. The van der Waals surface area contributed by atoms with Crippen molar-refractivity contribution in [3.05, 3.63) is 65.9 Å². The van der Waals surface area contributed by atoms with Crippen molar-refractivity contribution in [2.75, 3.05) is 0 Å². The van der Waals surface area contributed by atoms with Crippen LogP contribution in [-0.4, -0.2) is 45.5 Å². The maximum atomic E-state index is 13.2. The van der Waals surface area contributed by atoms with Crippen molar-refractivity contribution in [1.82, 2.24) is 20.9 Å². The lowest BCUT2D eigenvalue weighted by Crippen LogP contribution is -2.49. The van der Waals surface area contributed by atoms with Gasteiger partial charge in [0.1, 0.15) is 17.4 Å². The zero-order valence-corrected chi connectivity index (χ0v) is 21.3. The smallest absolute Gasteiger partial charge is 0.268 e. The number of aromatic amines is 1. The zero-order valence-electron chi connectivity index (χ0n) is 21.3. The van der Waals surface area contributed by atoms with Crippen molar-refractivity contribution >= 4 is 40.3 Å². The number of H-pyrrole nitrogens is 1. The number of aromatic nitrogens is 1. The van der Waals surface area contributed by atoms with Crippen LogP contribution in [0, 0.1) is 17.8 Å². The number of carbonyl (C=O) groups excluding carboxylic acids is 5. The standard InChI is InChI=1S/C28H30N4O6/c1-14(2)24(25(35)23-15(3)26(36)32-28(23)38)31-22(34)13-20(16-7-5-4-6-8-16)30-27(37)21-12-17-11-18(33)9-10-19(17)29-21/h4-12,14-15,20,23-24,29,33H,13H2,1-3H3,(H,30,37)(H,31,34)(H,32,36,38)/t15-,20-,23+,24-/m0/s1. The van der Waals surface area contributed by atoms with Crippen LogP contribution < -0.4 is 16.0 Å². The van der Waals surface area contributed by atoms with Gasteiger partial charge in [0, 0.05) is 10.9 Å². The summed E-state index contributed by atoms with van der Waals surface area (Å²) in [5.74, 6) is -4.89. The van der Waals surface area contributed by atoms with Crippen LogP contribution in [0.15, 0.2) is 54.6 Å². The average molecular weight is 519 g/mol. The molecule has 10 heteroatoms. The van der Waals surface area contributed by atoms with E-state index in [4.69, 9.17) is 0 Å². The molecule has 0 spiro atoms. The van der Waals surface area contributed by atoms with E-state index >= 15 is 0 Å². The molecule has 1 saturated heterocycles. The lowest BCUT2D eigenvalue weighted by Gasteiger charge is -2.26. The molecule has 4 amide bonds. The SMILES string of the molecule is CC(C)[C@H](NC(=O)C[C@H](NC(=O)c1cc2cc(O)ccc2[nH]1)c1ccccc1)C(=O)[C@@H]1C(=O)NC(=O)[C@H]1C. The van der Waals surface area contributed by atoms with Crippen LogP contribution in [-0.2, 0) is 19.2 Å². The average Bonchev–Trinajstić information content (AvgIpc) is 3.41. The quantitative estimate of drug-likeness (QED) is 0.216. The molecule has 2 aromatic carbocycles. The third kappa shape index (κ3) is 5.59. The van der Waals surface area contributed by atoms with Gasteiger partial charge in [-0.3, -0.25) is 29.3 Å². The number of phenols is 1. The molecular formula is C28H30N4O6. The monoisotopic (exact) mass is 518 g/mol. The summed E-state index contributed by atoms with van der Waals surface area (Å²) >= 11 is 0. The van der Waals surface area contributed by atoms with Gasteiger partial charge in [0.25, 0.3) is 5.91 Å². The molecule has 1 aromatic heterocycles. The van der Waals surface area contributed by atoms with Crippen LogP contribution in [0.5, 0.6) is 5.75 Å². The van der Waals surface area contributed by atoms with Gasteiger partial charge in [-0.05, 0) is 35.7 Å². The third-order valence-corrected chi connectivity index (χ3v) is 6.78. The van der Waals surface area contributed by atoms with Crippen LogP contribution in [0.3, 0.4) is 0 Å². The van der Waals surface area contributed by atoms with E-state index in [1.807, 2.05) is 6.07 Å². The van der Waals surface area contributed by atoms with Crippen LogP contribution >= 0.6 is 0 Å². The Balaban J connectivity index is 1.51. The van der Waals surface area contributed by atoms with Gasteiger partial charge in [-0.15, -0.1) is 0 Å². The Morgan fingerprint density at radius 1 is 0.974 bits per heavy atom. The Bertz CT molecular complexity index is 1400. The highest BCUT2D eigenvalue weighted by atomic mass is 16.3. The summed E-state index contributed by atoms with van der Waals surface area (Å²) in [6.07, 6.45) is -0.168. The number of nitrogens with one attached hydrogen (secondary N) is 4. The predicted molar refractivity (Wildman–Crippen MR) is 139 cm³/mol. The number of imide groups is 1. The molecule has 2 heterocycles. The van der Waals surface area contributed by atoms with Crippen molar-refractivity contribution in [1.29, 1.82) is 0 Å². The topological polar surface area (TPSA) is 157 Å². The summed E-state index contributed by atoms with van der Waals surface area (Å²) in [7, 11) is 0. The second-order valence-corrected chi connectivity index (χ2v) is 9.91. The Hall–Kier alpha value is -4.47. The maximum Gasteiger partial charge on any atom is 0.268 e. The van der Waals surface area contributed by atoms with Gasteiger partial charge in [-0.1, -0.05) is 51.1 Å². The highest BCUT2D eigenvalue weighted by Crippen LogP contribution is 2.25. The predicted octanol–water partition coefficient (Wildman–Crippen LogP) is 2.35. The summed E-state index contributed by atoms with van der Waals surface area (Å²) in [6.45, 7) is 4.99. The second kappa shape index (κ2) is 10.9. The summed E-state index contributed by atoms with van der Waals surface area (Å²) in [6, 6.07) is 13.6. The van der Waals surface area contributed by atoms with Gasteiger partial charge in [0.05, 0.1) is 24.4 Å². The first-order valence-corrected chi connectivity index (χ1v) is 12.4. The highest BCUT2D eigenvalue weighted by molar-refractivity contribution is 6.16. The van der Waals surface area contributed by atoms with Crippen LogP contribution in [0.25, 0.3) is 10.9 Å². The molecule has 4 atom stereocenters. The number of hydrogen-bond donors (Lipinski definition) is 5. The molecular weight excluding hydrogens is 488 g/mol. The molecule has 0 unspecified atom stereocenters. The summed E-state index contributed by atoms with van der Waals surface area (Å²) in [4.78, 5) is 66.6. The number of hydrogen-bond acceptors (Lipinski definition) is 6. The third-order valence-electron chi connectivity index (χ3n) is 6.78. The lowest BCUT2D eigenvalue weighted by molar-refractivity contribution is -0.137. The number of ketones is 1. The lowest BCUT2D eigenvalue weighted by atomic mass is 9.85. The minimum Gasteiger partial charge on any atom is -0.508 e. The number of carbonyl (C=O) groups is 5. The first-order valence-electron chi connectivity index (χ1n) is 12.4. The van der Waals surface area contributed by atoms with Gasteiger partial charge in [0.2, 0.25) is 17.7 Å². The maximum absolute atomic E-state index is 13.2. The van der Waals surface area contributed by atoms with Gasteiger partial charge < -0.3 is 20.7 Å². The first-order chi connectivity index (χ1) is 18.0. The van der Waals surface area contributed by atoms with Gasteiger partial charge in [0.15, 0.2) is 5.78 Å². The van der Waals surface area contributed by atoms with Crippen molar-refractivity contribution in [3.63, 3.8) is 0 Å². The summed E-state index contributed by atoms with van der Waals surface area (Å²) < 4.78 is 0. The molecule has 1 fully saturated rings. The Kier molecular flexibility index (Phi) is 7.61. The largest absolute Gasteiger partial charge is 0.508 e. The van der Waals surface area contributed by atoms with Crippen LogP contribution in [0.2, 0.25) is 0 Å². The van der Waals surface area contributed by atoms with Crippen molar-refractivity contribution in [2.45, 2.75) is 39.3 Å². The van der Waals surface area contributed by atoms with Gasteiger partial charge >= 0.3 is 0 Å². The molecule has 198 valence electrons.